The minimum atomic E-state index is -0.567. The highest BCUT2D eigenvalue weighted by Gasteiger charge is 2.24. The molecule has 0 saturated carbocycles. The van der Waals surface area contributed by atoms with E-state index < -0.39 is 5.60 Å². The first-order valence-corrected chi connectivity index (χ1v) is 7.66. The minimum absolute atomic E-state index is 0.0201. The summed E-state index contributed by atoms with van der Waals surface area (Å²) in [6, 6.07) is 13.0. The fourth-order valence-electron chi connectivity index (χ4n) is 2.67. The molecule has 0 aliphatic carbocycles. The van der Waals surface area contributed by atoms with Crippen molar-refractivity contribution in [3.05, 3.63) is 48.2 Å². The Bertz CT molecular complexity index is 958. The molecule has 2 aromatic heterocycles. The Morgan fingerprint density at radius 3 is 2.71 bits per heavy atom. The zero-order valence-corrected chi connectivity index (χ0v) is 13.9. The van der Waals surface area contributed by atoms with Gasteiger partial charge in [0.1, 0.15) is 17.4 Å². The summed E-state index contributed by atoms with van der Waals surface area (Å²) in [6.07, 6.45) is 1.89. The molecule has 2 heterocycles. The highest BCUT2D eigenvalue weighted by molar-refractivity contribution is 6.12. The minimum Gasteiger partial charge on any atom is -0.479 e. The summed E-state index contributed by atoms with van der Waals surface area (Å²) in [6.45, 7) is 5.52. The van der Waals surface area contributed by atoms with Gasteiger partial charge in [-0.1, -0.05) is 6.07 Å². The summed E-state index contributed by atoms with van der Waals surface area (Å²) in [5.74, 6) is 0.231. The molecule has 0 fully saturated rings. The third kappa shape index (κ3) is 2.91. The van der Waals surface area contributed by atoms with E-state index in [-0.39, 0.29) is 12.6 Å². The number of ether oxygens (including phenoxy) is 2. The second-order valence-electron chi connectivity index (χ2n) is 6.46. The Hall–Kier alpha value is -3.00. The quantitative estimate of drug-likeness (QED) is 0.685. The summed E-state index contributed by atoms with van der Waals surface area (Å²) in [5, 5.41) is 9.45. The first-order valence-electron chi connectivity index (χ1n) is 7.66. The van der Waals surface area contributed by atoms with Gasteiger partial charge in [0, 0.05) is 17.6 Å². The maximum Gasteiger partial charge on any atom is 0.341 e. The number of aromatic nitrogens is 1. The fraction of sp³-hybridized carbons (Fsp3) is 0.263. The number of nitrogens with zero attached hydrogens (tertiary/aromatic N) is 2. The zero-order valence-electron chi connectivity index (χ0n) is 13.9. The van der Waals surface area contributed by atoms with Crippen molar-refractivity contribution >= 4 is 22.4 Å². The van der Waals surface area contributed by atoms with Gasteiger partial charge in [0.2, 0.25) is 0 Å². The van der Waals surface area contributed by atoms with E-state index in [1.165, 1.54) is 0 Å². The highest BCUT2D eigenvalue weighted by Crippen LogP contribution is 2.31. The number of esters is 1. The molecule has 0 unspecified atom stereocenters. The second-order valence-corrected chi connectivity index (χ2v) is 6.46. The monoisotopic (exact) mass is 322 g/mol. The van der Waals surface area contributed by atoms with Gasteiger partial charge in [0.25, 0.3) is 0 Å². The van der Waals surface area contributed by atoms with E-state index in [1.807, 2.05) is 67.8 Å². The Kier molecular flexibility index (Phi) is 3.90. The molecule has 0 saturated heterocycles. The van der Waals surface area contributed by atoms with E-state index in [4.69, 9.17) is 14.7 Å². The van der Waals surface area contributed by atoms with Crippen LogP contribution in [-0.4, -0.2) is 22.6 Å². The third-order valence-electron chi connectivity index (χ3n) is 3.52. The predicted molar refractivity (Wildman–Crippen MR) is 91.2 cm³/mol. The van der Waals surface area contributed by atoms with Crippen LogP contribution in [0.5, 0.6) is 5.75 Å². The van der Waals surface area contributed by atoms with Crippen molar-refractivity contribution < 1.29 is 14.3 Å². The number of hydrogen-bond donors (Lipinski definition) is 0. The molecule has 24 heavy (non-hydrogen) atoms. The van der Waals surface area contributed by atoms with E-state index in [0.717, 1.165) is 16.4 Å². The van der Waals surface area contributed by atoms with Crippen LogP contribution in [-0.2, 0) is 4.74 Å². The molecule has 5 nitrogen and oxygen atoms in total. The van der Waals surface area contributed by atoms with Gasteiger partial charge in [-0.2, -0.15) is 5.26 Å². The van der Waals surface area contributed by atoms with Crippen LogP contribution in [0.4, 0.5) is 0 Å². The SMILES string of the molecule is CC(C)(C)OC(=O)c1c2ccc(OCC#N)cc2n2ccccc12. The lowest BCUT2D eigenvalue weighted by Crippen LogP contribution is -2.23. The van der Waals surface area contributed by atoms with Gasteiger partial charge in [-0.3, -0.25) is 0 Å². The lowest BCUT2D eigenvalue weighted by Gasteiger charge is -2.19. The third-order valence-corrected chi connectivity index (χ3v) is 3.52. The van der Waals surface area contributed by atoms with Gasteiger partial charge in [0.15, 0.2) is 6.61 Å². The standard InChI is InChI=1S/C19H18N2O3/c1-19(2,3)24-18(22)17-14-8-7-13(23-11-9-20)12-16(14)21-10-5-4-6-15(17)21/h4-8,10,12H,11H2,1-3H3. The van der Waals surface area contributed by atoms with Crippen molar-refractivity contribution in [2.75, 3.05) is 6.61 Å². The number of pyridine rings is 1. The Balaban J connectivity index is 2.20. The molecule has 0 N–H and O–H groups in total. The summed E-state index contributed by atoms with van der Waals surface area (Å²) >= 11 is 0. The number of carbonyl (C=O) groups excluding carboxylic acids is 1. The van der Waals surface area contributed by atoms with Crippen molar-refractivity contribution in [2.45, 2.75) is 26.4 Å². The summed E-state index contributed by atoms with van der Waals surface area (Å²) in [5.41, 5.74) is 1.58. The Morgan fingerprint density at radius 2 is 2.00 bits per heavy atom. The van der Waals surface area contributed by atoms with Crippen molar-refractivity contribution in [1.82, 2.24) is 4.40 Å². The molecule has 0 amide bonds. The van der Waals surface area contributed by atoms with Gasteiger partial charge >= 0.3 is 5.97 Å². The molecule has 5 heteroatoms. The maximum atomic E-state index is 12.7. The predicted octanol–water partition coefficient (Wildman–Crippen LogP) is 3.95. The van der Waals surface area contributed by atoms with Crippen LogP contribution in [0.1, 0.15) is 31.1 Å². The number of hydrogen-bond acceptors (Lipinski definition) is 4. The van der Waals surface area contributed by atoms with Crippen LogP contribution in [0.15, 0.2) is 42.6 Å². The van der Waals surface area contributed by atoms with E-state index in [9.17, 15) is 4.79 Å². The smallest absolute Gasteiger partial charge is 0.341 e. The molecular formula is C19H18N2O3. The van der Waals surface area contributed by atoms with Gasteiger partial charge in [0.05, 0.1) is 16.6 Å². The van der Waals surface area contributed by atoms with Gasteiger partial charge < -0.3 is 13.9 Å². The summed E-state index contributed by atoms with van der Waals surface area (Å²) in [7, 11) is 0. The van der Waals surface area contributed by atoms with Crippen LogP contribution in [0, 0.1) is 11.3 Å². The molecule has 1 aromatic carbocycles. The van der Waals surface area contributed by atoms with Gasteiger partial charge in [-0.05, 0) is 45.0 Å². The molecule has 0 spiro atoms. The van der Waals surface area contributed by atoms with Crippen LogP contribution in [0.3, 0.4) is 0 Å². The first-order chi connectivity index (χ1) is 11.4. The number of benzene rings is 1. The van der Waals surface area contributed by atoms with Crippen molar-refractivity contribution in [1.29, 1.82) is 5.26 Å². The molecular weight excluding hydrogens is 304 g/mol. The number of rotatable bonds is 3. The lowest BCUT2D eigenvalue weighted by molar-refractivity contribution is 0.00740. The molecule has 0 bridgehead atoms. The van der Waals surface area contributed by atoms with Crippen LogP contribution in [0.25, 0.3) is 16.4 Å². The van der Waals surface area contributed by atoms with Crippen LogP contribution < -0.4 is 4.74 Å². The largest absolute Gasteiger partial charge is 0.479 e. The van der Waals surface area contributed by atoms with Crippen molar-refractivity contribution in [3.63, 3.8) is 0 Å². The first kappa shape index (κ1) is 15.9. The van der Waals surface area contributed by atoms with E-state index in [0.29, 0.717) is 11.3 Å². The van der Waals surface area contributed by atoms with E-state index in [1.54, 1.807) is 6.07 Å². The average Bonchev–Trinajstić information content (AvgIpc) is 2.85. The average molecular weight is 322 g/mol. The number of fused-ring (bicyclic) bond motifs is 3. The topological polar surface area (TPSA) is 63.7 Å². The molecule has 0 aliphatic heterocycles. The number of carbonyl (C=O) groups is 1. The molecule has 122 valence electrons. The highest BCUT2D eigenvalue weighted by atomic mass is 16.6. The fourth-order valence-corrected chi connectivity index (χ4v) is 2.67. The van der Waals surface area contributed by atoms with Crippen molar-refractivity contribution in [2.24, 2.45) is 0 Å². The molecule has 0 aliphatic rings. The summed E-state index contributed by atoms with van der Waals surface area (Å²) in [4.78, 5) is 12.7. The Morgan fingerprint density at radius 1 is 1.21 bits per heavy atom. The molecule has 0 radical (unpaired) electrons. The Labute approximate surface area is 140 Å². The van der Waals surface area contributed by atoms with Crippen LogP contribution in [0.2, 0.25) is 0 Å². The normalized spacial score (nSPS) is 11.4. The molecule has 0 atom stereocenters. The van der Waals surface area contributed by atoms with Gasteiger partial charge in [-0.15, -0.1) is 0 Å². The summed E-state index contributed by atoms with van der Waals surface area (Å²) < 4.78 is 12.9. The van der Waals surface area contributed by atoms with Gasteiger partial charge in [-0.25, -0.2) is 4.79 Å². The lowest BCUT2D eigenvalue weighted by atomic mass is 10.1. The number of nitriles is 1. The van der Waals surface area contributed by atoms with E-state index in [2.05, 4.69) is 0 Å². The van der Waals surface area contributed by atoms with Crippen LogP contribution >= 0.6 is 0 Å². The second kappa shape index (κ2) is 5.89. The maximum absolute atomic E-state index is 12.7. The zero-order chi connectivity index (χ0) is 17.3. The molecule has 3 rings (SSSR count). The van der Waals surface area contributed by atoms with Crippen molar-refractivity contribution in [3.8, 4) is 11.8 Å². The molecule has 3 aromatic rings. The van der Waals surface area contributed by atoms with E-state index >= 15 is 0 Å².